The predicted octanol–water partition coefficient (Wildman–Crippen LogP) is 1.10. The lowest BCUT2D eigenvalue weighted by molar-refractivity contribution is -0.588. The van der Waals surface area contributed by atoms with Crippen LogP contribution in [0.1, 0.15) is 20.8 Å². The third-order valence-electron chi connectivity index (χ3n) is 1.65. The summed E-state index contributed by atoms with van der Waals surface area (Å²) in [5.41, 5.74) is -0.591. The second kappa shape index (κ2) is 4.93. The molecule has 1 heterocycles. The Hall–Kier alpha value is -1.63. The molecule has 0 spiro atoms. The molecule has 0 aliphatic rings. The maximum atomic E-state index is 11.6. The molecule has 6 nitrogen and oxygen atoms in total. The highest BCUT2D eigenvalue weighted by Crippen LogP contribution is 2.10. The molecular weight excluding hydrogens is 258 g/mol. The second-order valence-electron chi connectivity index (χ2n) is 4.71. The fourth-order valence-electron chi connectivity index (χ4n) is 1.08. The van der Waals surface area contributed by atoms with E-state index in [0.717, 1.165) is 6.26 Å². The minimum Gasteiger partial charge on any atom is -0.406 e. The Morgan fingerprint density at radius 1 is 1.22 bits per heavy atom. The lowest BCUT2D eigenvalue weighted by Crippen LogP contribution is -2.45. The molecule has 100 valence electrons. The number of hydrogen-bond donors (Lipinski definition) is 0. The van der Waals surface area contributed by atoms with Crippen molar-refractivity contribution >= 4 is 16.2 Å². The summed E-state index contributed by atoms with van der Waals surface area (Å²) in [5.74, 6) is 0.136. The maximum absolute atomic E-state index is 11.6. The first kappa shape index (κ1) is 14.4. The summed E-state index contributed by atoms with van der Waals surface area (Å²) < 4.78 is 32.7. The zero-order chi connectivity index (χ0) is 14.0. The standard InChI is InChI=1S/C11H16NO5S/c1-11(2,3)16-10(13)12-7-5-9(6-8-12)17-18(4,14)15/h5-8H,1-4H3/q+1. The van der Waals surface area contributed by atoms with Gasteiger partial charge in [-0.25, -0.2) is 0 Å². The zero-order valence-electron chi connectivity index (χ0n) is 10.7. The molecule has 0 saturated carbocycles. The highest BCUT2D eigenvalue weighted by atomic mass is 32.2. The number of pyridine rings is 1. The van der Waals surface area contributed by atoms with E-state index in [1.165, 1.54) is 29.1 Å². The van der Waals surface area contributed by atoms with Crippen LogP contribution in [0.2, 0.25) is 0 Å². The van der Waals surface area contributed by atoms with Gasteiger partial charge in [0.1, 0.15) is 5.60 Å². The topological polar surface area (TPSA) is 73.5 Å². The van der Waals surface area contributed by atoms with Gasteiger partial charge in [0.05, 0.1) is 6.26 Å². The van der Waals surface area contributed by atoms with Gasteiger partial charge in [0, 0.05) is 12.1 Å². The van der Waals surface area contributed by atoms with Crippen molar-refractivity contribution in [3.8, 4) is 5.75 Å². The fraction of sp³-hybridized carbons (Fsp3) is 0.455. The summed E-state index contributed by atoms with van der Waals surface area (Å²) in [6.45, 7) is 5.27. The third-order valence-corrected chi connectivity index (χ3v) is 2.15. The number of carbonyl (C=O) groups excluding carboxylic acids is 1. The van der Waals surface area contributed by atoms with Crippen LogP contribution in [-0.4, -0.2) is 26.4 Å². The van der Waals surface area contributed by atoms with Crippen molar-refractivity contribution in [3.05, 3.63) is 24.5 Å². The van der Waals surface area contributed by atoms with Crippen molar-refractivity contribution in [1.29, 1.82) is 0 Å². The normalized spacial score (nSPS) is 12.0. The molecule has 0 saturated heterocycles. The molecule has 0 aliphatic heterocycles. The van der Waals surface area contributed by atoms with Crippen LogP contribution >= 0.6 is 0 Å². The molecule has 0 aromatic carbocycles. The molecule has 0 atom stereocenters. The van der Waals surface area contributed by atoms with Crippen molar-refractivity contribution in [3.63, 3.8) is 0 Å². The number of ether oxygens (including phenoxy) is 1. The van der Waals surface area contributed by atoms with Crippen LogP contribution in [0.25, 0.3) is 0 Å². The van der Waals surface area contributed by atoms with Crippen LogP contribution in [0, 0.1) is 0 Å². The van der Waals surface area contributed by atoms with E-state index in [0.29, 0.717) is 0 Å². The van der Waals surface area contributed by atoms with E-state index in [-0.39, 0.29) is 5.75 Å². The Balaban J connectivity index is 2.80. The van der Waals surface area contributed by atoms with Crippen LogP contribution < -0.4 is 8.75 Å². The van der Waals surface area contributed by atoms with E-state index in [1.54, 1.807) is 20.8 Å². The van der Waals surface area contributed by atoms with E-state index in [4.69, 9.17) is 4.74 Å². The van der Waals surface area contributed by atoms with E-state index >= 15 is 0 Å². The molecule has 0 bridgehead atoms. The van der Waals surface area contributed by atoms with Gasteiger partial charge in [-0.1, -0.05) is 4.57 Å². The lowest BCUT2D eigenvalue weighted by Gasteiger charge is -2.15. The summed E-state index contributed by atoms with van der Waals surface area (Å²) in [4.78, 5) is 11.6. The molecule has 0 radical (unpaired) electrons. The van der Waals surface area contributed by atoms with E-state index in [1.807, 2.05) is 0 Å². The van der Waals surface area contributed by atoms with E-state index in [9.17, 15) is 13.2 Å². The summed E-state index contributed by atoms with van der Waals surface area (Å²) in [7, 11) is -3.56. The molecule has 0 fully saturated rings. The molecule has 7 heteroatoms. The third kappa shape index (κ3) is 5.13. The summed E-state index contributed by atoms with van der Waals surface area (Å²) >= 11 is 0. The molecule has 18 heavy (non-hydrogen) atoms. The van der Waals surface area contributed by atoms with Gasteiger partial charge in [-0.2, -0.15) is 13.2 Å². The minimum atomic E-state index is -3.56. The SMILES string of the molecule is CC(C)(C)OC(=O)[n+]1ccc(OS(C)(=O)=O)cc1. The Morgan fingerprint density at radius 2 is 1.72 bits per heavy atom. The largest absolute Gasteiger partial charge is 0.602 e. The van der Waals surface area contributed by atoms with Gasteiger partial charge in [-0.3, -0.25) is 0 Å². The molecule has 0 unspecified atom stereocenters. The van der Waals surface area contributed by atoms with Gasteiger partial charge >= 0.3 is 16.2 Å². The van der Waals surface area contributed by atoms with Gasteiger partial charge in [-0.15, -0.1) is 0 Å². The monoisotopic (exact) mass is 274 g/mol. The Morgan fingerprint density at radius 3 is 2.11 bits per heavy atom. The average Bonchev–Trinajstić information content (AvgIpc) is 2.13. The molecule has 1 aromatic rings. The number of hydrogen-bond acceptors (Lipinski definition) is 5. The van der Waals surface area contributed by atoms with Gasteiger partial charge in [-0.05, 0) is 20.8 Å². The number of rotatable bonds is 2. The molecule has 1 rings (SSSR count). The number of aromatic nitrogens is 1. The second-order valence-corrected chi connectivity index (χ2v) is 6.28. The van der Waals surface area contributed by atoms with E-state index in [2.05, 4.69) is 4.18 Å². The van der Waals surface area contributed by atoms with Gasteiger partial charge in [0.2, 0.25) is 0 Å². The van der Waals surface area contributed by atoms with Crippen molar-refractivity contribution in [2.45, 2.75) is 26.4 Å². The molecule has 0 amide bonds. The van der Waals surface area contributed by atoms with E-state index < -0.39 is 21.8 Å². The number of nitrogens with zero attached hydrogens (tertiary/aromatic N) is 1. The van der Waals surface area contributed by atoms with Crippen LogP contribution in [-0.2, 0) is 14.9 Å². The number of carbonyl (C=O) groups is 1. The highest BCUT2D eigenvalue weighted by molar-refractivity contribution is 7.86. The van der Waals surface area contributed by atoms with Crippen molar-refractivity contribution in [2.75, 3.05) is 6.26 Å². The summed E-state index contributed by atoms with van der Waals surface area (Å²) in [5, 5.41) is 0. The van der Waals surface area contributed by atoms with Crippen LogP contribution in [0.5, 0.6) is 5.75 Å². The maximum Gasteiger partial charge on any atom is 0.602 e. The summed E-state index contributed by atoms with van der Waals surface area (Å²) in [6.07, 6.45) is 3.14. The predicted molar refractivity (Wildman–Crippen MR) is 63.7 cm³/mol. The van der Waals surface area contributed by atoms with Gasteiger partial charge in [0.25, 0.3) is 0 Å². The van der Waals surface area contributed by atoms with Crippen LogP contribution in [0.4, 0.5) is 4.79 Å². The fourth-order valence-corrected chi connectivity index (χ4v) is 1.54. The smallest absolute Gasteiger partial charge is 0.406 e. The van der Waals surface area contributed by atoms with Crippen LogP contribution in [0.3, 0.4) is 0 Å². The highest BCUT2D eigenvalue weighted by Gasteiger charge is 2.24. The van der Waals surface area contributed by atoms with Crippen LogP contribution in [0.15, 0.2) is 24.5 Å². The minimum absolute atomic E-state index is 0.136. The Labute approximate surface area is 106 Å². The van der Waals surface area contributed by atoms with Gasteiger partial charge < -0.3 is 8.92 Å². The molecule has 0 N–H and O–H groups in total. The first-order valence-corrected chi connectivity index (χ1v) is 7.03. The van der Waals surface area contributed by atoms with Crippen molar-refractivity contribution in [2.24, 2.45) is 0 Å². The zero-order valence-corrected chi connectivity index (χ0v) is 11.5. The first-order chi connectivity index (χ1) is 8.07. The first-order valence-electron chi connectivity index (χ1n) is 5.21. The molecular formula is C11H16NO5S+. The van der Waals surface area contributed by atoms with Crippen molar-refractivity contribution < 1.29 is 26.7 Å². The summed E-state index contributed by atoms with van der Waals surface area (Å²) in [6, 6.07) is 2.73. The molecule has 1 aromatic heterocycles. The molecule has 0 aliphatic carbocycles. The lowest BCUT2D eigenvalue weighted by atomic mass is 10.2. The van der Waals surface area contributed by atoms with Crippen molar-refractivity contribution in [1.82, 2.24) is 0 Å². The quantitative estimate of drug-likeness (QED) is 0.596. The Bertz CT molecular complexity index is 528. The Kier molecular flexibility index (Phi) is 3.95. The average molecular weight is 274 g/mol. The van der Waals surface area contributed by atoms with Gasteiger partial charge in [0.15, 0.2) is 18.1 Å².